The molecule has 10 rings (SSSR count). The maximum Gasteiger partial charge on any atom is 0.227 e. The molecule has 0 fully saturated rings. The third-order valence-electron chi connectivity index (χ3n) is 9.16. The molecule has 7 aromatic carbocycles. The Morgan fingerprint density at radius 2 is 1.04 bits per heavy atom. The quantitative estimate of drug-likeness (QED) is 0.184. The molecule has 0 unspecified atom stereocenters. The topological polar surface area (TPSA) is 64.7 Å². The van der Waals surface area contributed by atoms with Gasteiger partial charge < -0.3 is 4.42 Å². The summed E-state index contributed by atoms with van der Waals surface area (Å²) in [5, 5.41) is 4.54. The van der Waals surface area contributed by atoms with Crippen LogP contribution >= 0.6 is 11.3 Å². The van der Waals surface area contributed by atoms with Gasteiger partial charge >= 0.3 is 0 Å². The number of aromatic nitrogens is 4. The number of rotatable bonds is 5. The van der Waals surface area contributed by atoms with E-state index in [2.05, 4.69) is 121 Å². The fourth-order valence-corrected chi connectivity index (χ4v) is 7.81. The van der Waals surface area contributed by atoms with E-state index in [1.165, 1.54) is 10.9 Å². The van der Waals surface area contributed by atoms with Gasteiger partial charge in [-0.3, -0.25) is 0 Å². The van der Waals surface area contributed by atoms with Crippen LogP contribution in [-0.2, 0) is 0 Å². The molecule has 0 bridgehead atoms. The standard InChI is InChI=1S/C44H26N4OS/c1-3-10-27(11-4-1)29-18-21-31(22-19-29)42-46-41(30-13-5-2-6-14-30)47-43(48-42)34-16-9-17-38-40(34)35-25-36-37(26-39(35)50-38)49-44(45-36)33-23-20-28-12-7-8-15-32(28)24-33/h1-26H. The van der Waals surface area contributed by atoms with Crippen molar-refractivity contribution in [3.05, 3.63) is 158 Å². The van der Waals surface area contributed by atoms with Crippen LogP contribution in [0.5, 0.6) is 0 Å². The molecule has 6 heteroatoms. The largest absolute Gasteiger partial charge is 0.436 e. The molecule has 0 spiro atoms. The second-order valence-corrected chi connectivity index (χ2v) is 13.4. The van der Waals surface area contributed by atoms with Gasteiger partial charge in [-0.15, -0.1) is 11.3 Å². The Kier molecular flexibility index (Phi) is 6.60. The Morgan fingerprint density at radius 1 is 0.420 bits per heavy atom. The monoisotopic (exact) mass is 658 g/mol. The highest BCUT2D eigenvalue weighted by Crippen LogP contribution is 2.42. The molecule has 3 heterocycles. The van der Waals surface area contributed by atoms with E-state index in [4.69, 9.17) is 24.4 Å². The van der Waals surface area contributed by atoms with Gasteiger partial charge in [0, 0.05) is 48.5 Å². The first kappa shape index (κ1) is 28.5. The van der Waals surface area contributed by atoms with Gasteiger partial charge in [-0.05, 0) is 46.2 Å². The van der Waals surface area contributed by atoms with Crippen LogP contribution in [0.4, 0.5) is 0 Å². The van der Waals surface area contributed by atoms with Crippen molar-refractivity contribution in [1.29, 1.82) is 0 Å². The third kappa shape index (κ3) is 4.93. The van der Waals surface area contributed by atoms with Gasteiger partial charge in [0.05, 0.1) is 0 Å². The summed E-state index contributed by atoms with van der Waals surface area (Å²) >= 11 is 1.73. The Labute approximate surface area is 291 Å². The molecule has 10 aromatic rings. The molecule has 0 N–H and O–H groups in total. The maximum atomic E-state index is 6.35. The highest BCUT2D eigenvalue weighted by Gasteiger charge is 2.19. The zero-order valence-corrected chi connectivity index (χ0v) is 27.4. The molecule has 3 aromatic heterocycles. The fourth-order valence-electron chi connectivity index (χ4n) is 6.66. The molecule has 0 radical (unpaired) electrons. The van der Waals surface area contributed by atoms with Crippen LogP contribution in [0, 0.1) is 0 Å². The predicted octanol–water partition coefficient (Wildman–Crippen LogP) is 11.9. The number of benzene rings is 7. The van der Waals surface area contributed by atoms with E-state index in [9.17, 15) is 0 Å². The van der Waals surface area contributed by atoms with E-state index in [-0.39, 0.29) is 0 Å². The maximum absolute atomic E-state index is 6.35. The van der Waals surface area contributed by atoms with Crippen molar-refractivity contribution in [2.75, 3.05) is 0 Å². The van der Waals surface area contributed by atoms with Gasteiger partial charge in [-0.25, -0.2) is 19.9 Å². The molecule has 234 valence electrons. The van der Waals surface area contributed by atoms with E-state index in [0.717, 1.165) is 64.5 Å². The third-order valence-corrected chi connectivity index (χ3v) is 10.3. The van der Waals surface area contributed by atoms with E-state index < -0.39 is 0 Å². The predicted molar refractivity (Wildman–Crippen MR) is 205 cm³/mol. The Bertz CT molecular complexity index is 2860. The lowest BCUT2D eigenvalue weighted by atomic mass is 10.0. The van der Waals surface area contributed by atoms with Gasteiger partial charge in [0.15, 0.2) is 23.1 Å². The van der Waals surface area contributed by atoms with Gasteiger partial charge in [0.25, 0.3) is 0 Å². The minimum absolute atomic E-state index is 0.612. The second kappa shape index (κ2) is 11.6. The zero-order valence-electron chi connectivity index (χ0n) is 26.6. The molecule has 0 aliphatic carbocycles. The van der Waals surface area contributed by atoms with Gasteiger partial charge in [-0.2, -0.15) is 0 Å². The zero-order chi connectivity index (χ0) is 33.0. The summed E-state index contributed by atoms with van der Waals surface area (Å²) in [7, 11) is 0. The summed E-state index contributed by atoms with van der Waals surface area (Å²) in [6.07, 6.45) is 0. The normalized spacial score (nSPS) is 11.6. The first-order valence-corrected chi connectivity index (χ1v) is 17.3. The van der Waals surface area contributed by atoms with Gasteiger partial charge in [-0.1, -0.05) is 127 Å². The van der Waals surface area contributed by atoms with Crippen LogP contribution < -0.4 is 0 Å². The smallest absolute Gasteiger partial charge is 0.227 e. The van der Waals surface area contributed by atoms with E-state index in [0.29, 0.717) is 23.4 Å². The molecule has 0 saturated heterocycles. The number of thiophene rings is 1. The average Bonchev–Trinajstić information content (AvgIpc) is 3.78. The summed E-state index contributed by atoms with van der Waals surface area (Å²) in [5.74, 6) is 2.50. The van der Waals surface area contributed by atoms with Crippen molar-refractivity contribution in [3.63, 3.8) is 0 Å². The highest BCUT2D eigenvalue weighted by atomic mass is 32.1. The van der Waals surface area contributed by atoms with E-state index >= 15 is 0 Å². The van der Waals surface area contributed by atoms with Crippen LogP contribution in [-0.4, -0.2) is 19.9 Å². The summed E-state index contributed by atoms with van der Waals surface area (Å²) in [5.41, 5.74) is 7.66. The molecule has 50 heavy (non-hydrogen) atoms. The van der Waals surface area contributed by atoms with Crippen molar-refractivity contribution in [3.8, 4) is 56.7 Å². The van der Waals surface area contributed by atoms with Crippen molar-refractivity contribution in [2.45, 2.75) is 0 Å². The lowest BCUT2D eigenvalue weighted by Crippen LogP contribution is -2.00. The second-order valence-electron chi connectivity index (χ2n) is 12.3. The first-order chi connectivity index (χ1) is 24.7. The Hall–Kier alpha value is -6.50. The molecular weight excluding hydrogens is 633 g/mol. The first-order valence-electron chi connectivity index (χ1n) is 16.5. The molecule has 0 atom stereocenters. The Balaban J connectivity index is 1.12. The van der Waals surface area contributed by atoms with Crippen LogP contribution in [0.2, 0.25) is 0 Å². The Morgan fingerprint density at radius 3 is 1.82 bits per heavy atom. The SMILES string of the molecule is c1ccc(-c2ccc(-c3nc(-c4ccccc4)nc(-c4cccc5sc6cc7oc(-c8ccc9ccccc9c8)nc7cc6c45)n3)cc2)cc1. The van der Waals surface area contributed by atoms with Gasteiger partial charge in [0.2, 0.25) is 5.89 Å². The molecule has 0 aliphatic heterocycles. The van der Waals surface area contributed by atoms with Crippen LogP contribution in [0.1, 0.15) is 0 Å². The molecule has 0 aliphatic rings. The lowest BCUT2D eigenvalue weighted by Gasteiger charge is -2.10. The minimum Gasteiger partial charge on any atom is -0.436 e. The lowest BCUT2D eigenvalue weighted by molar-refractivity contribution is 0.620. The summed E-state index contributed by atoms with van der Waals surface area (Å²) in [6, 6.07) is 54.1. The average molecular weight is 659 g/mol. The molecule has 0 amide bonds. The molecule has 5 nitrogen and oxygen atoms in total. The number of hydrogen-bond donors (Lipinski definition) is 0. The summed E-state index contributed by atoms with van der Waals surface area (Å²) in [6.45, 7) is 0. The minimum atomic E-state index is 0.612. The van der Waals surface area contributed by atoms with Crippen LogP contribution in [0.25, 0.3) is 98.8 Å². The van der Waals surface area contributed by atoms with Gasteiger partial charge in [0.1, 0.15) is 5.52 Å². The van der Waals surface area contributed by atoms with Crippen LogP contribution in [0.15, 0.2) is 162 Å². The fraction of sp³-hybridized carbons (Fsp3) is 0. The van der Waals surface area contributed by atoms with Crippen molar-refractivity contribution in [2.24, 2.45) is 0 Å². The van der Waals surface area contributed by atoms with Crippen molar-refractivity contribution < 1.29 is 4.42 Å². The number of oxazole rings is 1. The summed E-state index contributed by atoms with van der Waals surface area (Å²) < 4.78 is 8.62. The molecule has 0 saturated carbocycles. The van der Waals surface area contributed by atoms with Crippen molar-refractivity contribution in [1.82, 2.24) is 19.9 Å². The van der Waals surface area contributed by atoms with E-state index in [1.807, 2.05) is 36.4 Å². The van der Waals surface area contributed by atoms with Crippen molar-refractivity contribution >= 4 is 53.4 Å². The van der Waals surface area contributed by atoms with E-state index in [1.54, 1.807) is 11.3 Å². The number of hydrogen-bond acceptors (Lipinski definition) is 6. The number of nitrogens with zero attached hydrogens (tertiary/aromatic N) is 4. The van der Waals surface area contributed by atoms with Crippen LogP contribution in [0.3, 0.4) is 0 Å². The number of fused-ring (bicyclic) bond motifs is 5. The highest BCUT2D eigenvalue weighted by molar-refractivity contribution is 7.26. The molecular formula is C44H26N4OS. The summed E-state index contributed by atoms with van der Waals surface area (Å²) in [4.78, 5) is 20.1.